The molecule has 0 heterocycles. The molecule has 0 aromatic rings. The first-order chi connectivity index (χ1) is 2.91. The van der Waals surface area contributed by atoms with Gasteiger partial charge in [0.05, 0.1) is 0 Å². The van der Waals surface area contributed by atoms with E-state index < -0.39 is 0 Å². The van der Waals surface area contributed by atoms with Gasteiger partial charge in [-0.3, -0.25) is 6.08 Å². The molecule has 0 saturated carbocycles. The first-order valence-corrected chi connectivity index (χ1v) is 2.07. The Balaban J connectivity index is 0. The Morgan fingerprint density at radius 2 is 1.86 bits per heavy atom. The smallest absolute Gasteiger partial charge is 0.255 e. The Morgan fingerprint density at radius 3 is 2.00 bits per heavy atom. The minimum atomic E-state index is 0. The van der Waals surface area contributed by atoms with Gasteiger partial charge in [-0.05, 0) is 0 Å². The van der Waals surface area contributed by atoms with Gasteiger partial charge >= 0.3 is 18.9 Å². The van der Waals surface area contributed by atoms with Gasteiger partial charge in [0.25, 0.3) is 0 Å². The quantitative estimate of drug-likeness (QED) is 0.218. The molecule has 0 nitrogen and oxygen atoms in total. The first-order valence-electron chi connectivity index (χ1n) is 2.07. The Morgan fingerprint density at radius 1 is 1.29 bits per heavy atom. The molecule has 0 aliphatic rings. The first kappa shape index (κ1) is 10.1. The molecule has 34 valence electrons. The number of hydrogen-bond acceptors (Lipinski definition) is 0. The van der Waals surface area contributed by atoms with Crippen LogP contribution < -0.4 is 18.9 Å². The Bertz CT molecular complexity index is 52.6. The summed E-state index contributed by atoms with van der Waals surface area (Å²) >= 11 is 0. The van der Waals surface area contributed by atoms with Gasteiger partial charge in [-0.2, -0.15) is 6.08 Å². The zero-order valence-electron chi connectivity index (χ0n) is 5.23. The standard InChI is InChI=1S/C6H9.Li/c1-3-5-6-4-2;/h3-5H,1-2H3;/q-1;+1/b5-3-;. The van der Waals surface area contributed by atoms with E-state index in [9.17, 15) is 0 Å². The zero-order valence-corrected chi connectivity index (χ0v) is 5.23. The van der Waals surface area contributed by atoms with Crippen molar-refractivity contribution in [2.75, 3.05) is 0 Å². The van der Waals surface area contributed by atoms with Crippen LogP contribution in [-0.4, -0.2) is 0 Å². The third-order valence-corrected chi connectivity index (χ3v) is 0.430. The van der Waals surface area contributed by atoms with Gasteiger partial charge in [-0.1, -0.05) is 6.92 Å². The Labute approximate surface area is 57.5 Å². The minimum absolute atomic E-state index is 0. The fourth-order valence-corrected chi connectivity index (χ4v) is 0.192. The maximum atomic E-state index is 2.89. The topological polar surface area (TPSA) is 0 Å². The van der Waals surface area contributed by atoms with Crippen LogP contribution in [0.15, 0.2) is 18.2 Å². The van der Waals surface area contributed by atoms with Gasteiger partial charge in [-0.25, -0.2) is 12.2 Å². The van der Waals surface area contributed by atoms with Crippen molar-refractivity contribution in [2.24, 2.45) is 0 Å². The largest absolute Gasteiger partial charge is 1.00 e. The molecule has 0 unspecified atom stereocenters. The van der Waals surface area contributed by atoms with E-state index in [0.717, 1.165) is 0 Å². The predicted octanol–water partition coefficient (Wildman–Crippen LogP) is -1.05. The van der Waals surface area contributed by atoms with Crippen LogP contribution in [-0.2, 0) is 0 Å². The van der Waals surface area contributed by atoms with Crippen LogP contribution in [0, 0.1) is 6.08 Å². The molecule has 0 aliphatic heterocycles. The van der Waals surface area contributed by atoms with E-state index in [2.05, 4.69) is 6.08 Å². The van der Waals surface area contributed by atoms with E-state index in [0.29, 0.717) is 0 Å². The number of allylic oxidation sites excluding steroid dienone is 4. The molecule has 0 N–H and O–H groups in total. The van der Waals surface area contributed by atoms with Gasteiger partial charge in [0.15, 0.2) is 0 Å². The monoisotopic (exact) mass is 88.1 g/mol. The second kappa shape index (κ2) is 9.42. The second-order valence-electron chi connectivity index (χ2n) is 0.955. The second-order valence-corrected chi connectivity index (χ2v) is 0.955. The molecule has 0 spiro atoms. The van der Waals surface area contributed by atoms with Crippen LogP contribution in [0.2, 0.25) is 0 Å². The van der Waals surface area contributed by atoms with Crippen LogP contribution in [0.4, 0.5) is 0 Å². The van der Waals surface area contributed by atoms with Crippen molar-refractivity contribution in [2.45, 2.75) is 13.8 Å². The SMILES string of the molecule is CC=[C-]/C=C\C.[Li+]. The molecule has 7 heavy (non-hydrogen) atoms. The van der Waals surface area contributed by atoms with E-state index in [1.165, 1.54) is 0 Å². The predicted molar refractivity (Wildman–Crippen MR) is 28.3 cm³/mol. The summed E-state index contributed by atoms with van der Waals surface area (Å²) < 4.78 is 0. The molecular weight excluding hydrogens is 79.0 g/mol. The van der Waals surface area contributed by atoms with Gasteiger partial charge in [0, 0.05) is 0 Å². The van der Waals surface area contributed by atoms with Crippen molar-refractivity contribution in [3.8, 4) is 0 Å². The maximum absolute atomic E-state index is 2.89. The van der Waals surface area contributed by atoms with Crippen LogP contribution in [0.25, 0.3) is 0 Å². The van der Waals surface area contributed by atoms with E-state index in [1.807, 2.05) is 32.1 Å². The fourth-order valence-electron chi connectivity index (χ4n) is 0.192. The van der Waals surface area contributed by atoms with E-state index in [-0.39, 0.29) is 18.9 Å². The van der Waals surface area contributed by atoms with Crippen LogP contribution in [0.5, 0.6) is 0 Å². The summed E-state index contributed by atoms with van der Waals surface area (Å²) in [4.78, 5) is 0. The average Bonchev–Trinajstić information content (AvgIpc) is 1.61. The van der Waals surface area contributed by atoms with Crippen LogP contribution in [0.1, 0.15) is 13.8 Å². The van der Waals surface area contributed by atoms with E-state index in [1.54, 1.807) is 0 Å². The molecule has 0 aliphatic carbocycles. The van der Waals surface area contributed by atoms with Crippen molar-refractivity contribution in [3.63, 3.8) is 0 Å². The Hall–Kier alpha value is 0.0774. The van der Waals surface area contributed by atoms with Crippen molar-refractivity contribution in [1.29, 1.82) is 0 Å². The number of hydrogen-bond donors (Lipinski definition) is 0. The summed E-state index contributed by atoms with van der Waals surface area (Å²) in [5, 5.41) is 0. The third-order valence-electron chi connectivity index (χ3n) is 0.430. The number of rotatable bonds is 1. The van der Waals surface area contributed by atoms with Crippen molar-refractivity contribution in [3.05, 3.63) is 24.3 Å². The summed E-state index contributed by atoms with van der Waals surface area (Å²) in [6.45, 7) is 3.91. The molecular formula is C6H9Li. The van der Waals surface area contributed by atoms with Crippen LogP contribution >= 0.6 is 0 Å². The fraction of sp³-hybridized carbons (Fsp3) is 0.333. The minimum Gasteiger partial charge on any atom is -0.255 e. The summed E-state index contributed by atoms with van der Waals surface area (Å²) in [5.41, 5.74) is 0. The van der Waals surface area contributed by atoms with Crippen molar-refractivity contribution in [1.82, 2.24) is 0 Å². The van der Waals surface area contributed by atoms with Crippen molar-refractivity contribution >= 4 is 0 Å². The molecule has 0 fully saturated rings. The summed E-state index contributed by atoms with van der Waals surface area (Å²) in [5.74, 6) is 0. The molecule has 0 aromatic heterocycles. The van der Waals surface area contributed by atoms with Crippen LogP contribution in [0.3, 0.4) is 0 Å². The molecule has 0 bridgehead atoms. The summed E-state index contributed by atoms with van der Waals surface area (Å²) in [6.07, 6.45) is 8.59. The normalized spacial score (nSPS) is 10.0. The maximum Gasteiger partial charge on any atom is 1.00 e. The summed E-state index contributed by atoms with van der Waals surface area (Å²) in [7, 11) is 0. The third kappa shape index (κ3) is 10.7. The molecule has 1 heteroatoms. The van der Waals surface area contributed by atoms with Gasteiger partial charge in [-0.15, -0.1) is 6.92 Å². The Kier molecular flexibility index (Phi) is 13.7. The van der Waals surface area contributed by atoms with E-state index >= 15 is 0 Å². The molecule has 0 rings (SSSR count). The summed E-state index contributed by atoms with van der Waals surface area (Å²) in [6, 6.07) is 0. The molecule has 0 aromatic carbocycles. The molecule has 0 atom stereocenters. The van der Waals surface area contributed by atoms with Gasteiger partial charge in [0.2, 0.25) is 0 Å². The zero-order chi connectivity index (χ0) is 4.83. The average molecular weight is 88.1 g/mol. The molecule has 0 saturated heterocycles. The van der Waals surface area contributed by atoms with Gasteiger partial charge in [0.1, 0.15) is 0 Å². The van der Waals surface area contributed by atoms with E-state index in [4.69, 9.17) is 0 Å². The van der Waals surface area contributed by atoms with Crippen molar-refractivity contribution < 1.29 is 18.9 Å². The molecule has 0 amide bonds. The molecule has 0 radical (unpaired) electrons. The van der Waals surface area contributed by atoms with Gasteiger partial charge < -0.3 is 0 Å².